The van der Waals surface area contributed by atoms with Gasteiger partial charge in [-0.1, -0.05) is 23.7 Å². The Balaban J connectivity index is 1.77. The standard InChI is InChI=1S/C21H22ClN3O3/c1-21(2,20(26)27)18-12-25(10-9-23-18)19-14-5-3-4-6-16(14)28-17-8-7-13(22)11-15(17)24-19/h3-8,11,18,23H,9-10,12H2,1-2H3,(H,26,27)/t18-/m0/s1. The third kappa shape index (κ3) is 3.34. The van der Waals surface area contributed by atoms with Crippen LogP contribution in [0.15, 0.2) is 47.5 Å². The van der Waals surface area contributed by atoms with Gasteiger partial charge in [-0.25, -0.2) is 4.99 Å². The number of rotatable bonds is 2. The first-order chi connectivity index (χ1) is 13.4. The Morgan fingerprint density at radius 3 is 2.86 bits per heavy atom. The van der Waals surface area contributed by atoms with Crippen molar-refractivity contribution in [2.24, 2.45) is 10.4 Å². The number of hydrogen-bond acceptors (Lipinski definition) is 5. The number of carboxylic acids is 1. The number of nitrogens with one attached hydrogen (secondary N) is 1. The van der Waals surface area contributed by atoms with E-state index in [0.717, 1.165) is 23.7 Å². The summed E-state index contributed by atoms with van der Waals surface area (Å²) in [5.41, 5.74) is 0.635. The summed E-state index contributed by atoms with van der Waals surface area (Å²) in [4.78, 5) is 18.7. The lowest BCUT2D eigenvalue weighted by atomic mass is 9.83. The number of piperazine rings is 1. The second-order valence-electron chi connectivity index (χ2n) is 7.63. The third-order valence-electron chi connectivity index (χ3n) is 5.39. The van der Waals surface area contributed by atoms with Gasteiger partial charge in [-0.2, -0.15) is 0 Å². The number of aliphatic imine (C=N–C) groups is 1. The second kappa shape index (κ2) is 7.11. The maximum atomic E-state index is 11.7. The molecule has 0 bridgehead atoms. The first-order valence-electron chi connectivity index (χ1n) is 9.23. The second-order valence-corrected chi connectivity index (χ2v) is 8.06. The monoisotopic (exact) mass is 399 g/mol. The summed E-state index contributed by atoms with van der Waals surface area (Å²) in [6.45, 7) is 5.42. The molecule has 2 aliphatic heterocycles. The molecule has 7 heteroatoms. The number of carbonyl (C=O) groups is 1. The summed E-state index contributed by atoms with van der Waals surface area (Å²) < 4.78 is 6.10. The number of para-hydroxylation sites is 1. The summed E-state index contributed by atoms with van der Waals surface area (Å²) in [6, 6.07) is 12.9. The molecule has 0 radical (unpaired) electrons. The molecule has 0 saturated carbocycles. The van der Waals surface area contributed by atoms with Gasteiger partial charge in [0.05, 0.1) is 11.0 Å². The van der Waals surface area contributed by atoms with E-state index in [1.165, 1.54) is 0 Å². The van der Waals surface area contributed by atoms with Gasteiger partial charge in [0, 0.05) is 30.7 Å². The van der Waals surface area contributed by atoms with Crippen LogP contribution < -0.4 is 10.1 Å². The summed E-state index contributed by atoms with van der Waals surface area (Å²) in [6.07, 6.45) is 0. The van der Waals surface area contributed by atoms with E-state index in [0.29, 0.717) is 29.5 Å². The van der Waals surface area contributed by atoms with Gasteiger partial charge in [0.1, 0.15) is 17.3 Å². The number of halogens is 1. The zero-order chi connectivity index (χ0) is 19.9. The minimum Gasteiger partial charge on any atom is -0.481 e. The summed E-state index contributed by atoms with van der Waals surface area (Å²) in [7, 11) is 0. The molecule has 0 amide bonds. The van der Waals surface area contributed by atoms with Crippen molar-refractivity contribution in [3.05, 3.63) is 53.1 Å². The Bertz CT molecular complexity index is 958. The van der Waals surface area contributed by atoms with Gasteiger partial charge in [-0.3, -0.25) is 4.79 Å². The highest BCUT2D eigenvalue weighted by atomic mass is 35.5. The van der Waals surface area contributed by atoms with Gasteiger partial charge in [0.25, 0.3) is 0 Å². The first kappa shape index (κ1) is 18.8. The van der Waals surface area contributed by atoms with E-state index in [4.69, 9.17) is 21.3 Å². The quantitative estimate of drug-likeness (QED) is 0.800. The molecule has 2 aromatic carbocycles. The fraction of sp³-hybridized carbons (Fsp3) is 0.333. The van der Waals surface area contributed by atoms with E-state index < -0.39 is 11.4 Å². The van der Waals surface area contributed by atoms with Gasteiger partial charge in [0.2, 0.25) is 0 Å². The van der Waals surface area contributed by atoms with Crippen molar-refractivity contribution >= 4 is 29.1 Å². The molecule has 4 rings (SSSR count). The van der Waals surface area contributed by atoms with Crippen molar-refractivity contribution < 1.29 is 14.6 Å². The van der Waals surface area contributed by atoms with Crippen molar-refractivity contribution in [2.75, 3.05) is 19.6 Å². The molecule has 1 fully saturated rings. The molecule has 2 aromatic rings. The number of carboxylic acid groups (broad SMARTS) is 1. The average Bonchev–Trinajstić information content (AvgIpc) is 2.84. The number of hydrogen-bond donors (Lipinski definition) is 2. The number of benzene rings is 2. The molecule has 0 aliphatic carbocycles. The number of amidine groups is 1. The topological polar surface area (TPSA) is 74.2 Å². The van der Waals surface area contributed by atoms with Crippen LogP contribution in [-0.4, -0.2) is 47.5 Å². The van der Waals surface area contributed by atoms with Crippen LogP contribution in [0.4, 0.5) is 5.69 Å². The average molecular weight is 400 g/mol. The number of ether oxygens (including phenoxy) is 1. The molecule has 28 heavy (non-hydrogen) atoms. The highest BCUT2D eigenvalue weighted by Gasteiger charge is 2.40. The SMILES string of the molecule is CC(C)(C(=O)O)[C@@H]1CN(C2=Nc3cc(Cl)ccc3Oc3ccccc32)CCN1. The molecule has 146 valence electrons. The molecule has 1 atom stereocenters. The Hall–Kier alpha value is -2.57. The Morgan fingerprint density at radius 2 is 2.07 bits per heavy atom. The molecule has 0 aromatic heterocycles. The van der Waals surface area contributed by atoms with Crippen LogP contribution in [0.25, 0.3) is 0 Å². The molecule has 2 N–H and O–H groups in total. The van der Waals surface area contributed by atoms with Crippen LogP contribution in [-0.2, 0) is 4.79 Å². The zero-order valence-electron chi connectivity index (χ0n) is 15.8. The van der Waals surface area contributed by atoms with Crippen molar-refractivity contribution in [3.63, 3.8) is 0 Å². The highest BCUT2D eigenvalue weighted by molar-refractivity contribution is 6.31. The van der Waals surface area contributed by atoms with Crippen LogP contribution >= 0.6 is 11.6 Å². The molecule has 0 unspecified atom stereocenters. The van der Waals surface area contributed by atoms with Crippen molar-refractivity contribution in [1.82, 2.24) is 10.2 Å². The van der Waals surface area contributed by atoms with Crippen LogP contribution in [0.2, 0.25) is 5.02 Å². The zero-order valence-corrected chi connectivity index (χ0v) is 16.5. The highest BCUT2D eigenvalue weighted by Crippen LogP contribution is 2.39. The number of nitrogens with zero attached hydrogens (tertiary/aromatic N) is 2. The van der Waals surface area contributed by atoms with Gasteiger partial charge in [-0.05, 0) is 44.2 Å². The Kier molecular flexibility index (Phi) is 4.77. The van der Waals surface area contributed by atoms with Crippen LogP contribution in [0, 0.1) is 5.41 Å². The molecule has 2 aliphatic rings. The van der Waals surface area contributed by atoms with E-state index in [-0.39, 0.29) is 6.04 Å². The fourth-order valence-electron chi connectivity index (χ4n) is 3.51. The summed E-state index contributed by atoms with van der Waals surface area (Å²) in [5.74, 6) is 1.30. The van der Waals surface area contributed by atoms with Crippen molar-refractivity contribution in [3.8, 4) is 11.5 Å². The summed E-state index contributed by atoms with van der Waals surface area (Å²) in [5, 5.41) is 13.6. The third-order valence-corrected chi connectivity index (χ3v) is 5.63. The lowest BCUT2D eigenvalue weighted by Gasteiger charge is -2.41. The lowest BCUT2D eigenvalue weighted by molar-refractivity contribution is -0.149. The van der Waals surface area contributed by atoms with E-state index >= 15 is 0 Å². The minimum atomic E-state index is -0.902. The van der Waals surface area contributed by atoms with Crippen LogP contribution in [0.5, 0.6) is 11.5 Å². The van der Waals surface area contributed by atoms with Crippen LogP contribution in [0.1, 0.15) is 19.4 Å². The van der Waals surface area contributed by atoms with E-state index in [1.807, 2.05) is 30.3 Å². The van der Waals surface area contributed by atoms with Gasteiger partial charge in [0.15, 0.2) is 5.75 Å². The summed E-state index contributed by atoms with van der Waals surface area (Å²) >= 11 is 6.18. The fourth-order valence-corrected chi connectivity index (χ4v) is 3.68. The van der Waals surface area contributed by atoms with Crippen LogP contribution in [0.3, 0.4) is 0 Å². The van der Waals surface area contributed by atoms with Gasteiger partial charge in [-0.15, -0.1) is 0 Å². The Morgan fingerprint density at radius 1 is 1.29 bits per heavy atom. The number of aliphatic carboxylic acids is 1. The van der Waals surface area contributed by atoms with E-state index in [1.54, 1.807) is 26.0 Å². The number of fused-ring (bicyclic) bond motifs is 2. The van der Waals surface area contributed by atoms with Crippen molar-refractivity contribution in [1.29, 1.82) is 0 Å². The molecular weight excluding hydrogens is 378 g/mol. The lowest BCUT2D eigenvalue weighted by Crippen LogP contribution is -2.59. The van der Waals surface area contributed by atoms with E-state index in [9.17, 15) is 9.90 Å². The maximum Gasteiger partial charge on any atom is 0.310 e. The molecule has 6 nitrogen and oxygen atoms in total. The van der Waals surface area contributed by atoms with E-state index in [2.05, 4.69) is 10.2 Å². The predicted octanol–water partition coefficient (Wildman–Crippen LogP) is 3.91. The largest absolute Gasteiger partial charge is 0.481 e. The van der Waals surface area contributed by atoms with Gasteiger partial charge < -0.3 is 20.1 Å². The molecular formula is C21H22ClN3O3. The normalized spacial score (nSPS) is 19.0. The molecule has 0 spiro atoms. The minimum absolute atomic E-state index is 0.211. The van der Waals surface area contributed by atoms with Gasteiger partial charge >= 0.3 is 5.97 Å². The molecule has 2 heterocycles. The maximum absolute atomic E-state index is 11.7. The Labute approximate surface area is 168 Å². The van der Waals surface area contributed by atoms with Crippen molar-refractivity contribution in [2.45, 2.75) is 19.9 Å². The first-order valence-corrected chi connectivity index (χ1v) is 9.61. The smallest absolute Gasteiger partial charge is 0.310 e. The molecule has 1 saturated heterocycles. The predicted molar refractivity (Wildman–Crippen MR) is 109 cm³/mol.